The summed E-state index contributed by atoms with van der Waals surface area (Å²) in [5.41, 5.74) is 2.73. The number of hydrogen-bond acceptors (Lipinski definition) is 4. The Balaban J connectivity index is 4.11. The fourth-order valence-corrected chi connectivity index (χ4v) is 1.54. The SMILES string of the molecule is COCCC(C)C(CC(C)(C)OC)NN. The minimum atomic E-state index is -0.141. The van der Waals surface area contributed by atoms with Gasteiger partial charge in [0, 0.05) is 26.9 Å². The lowest BCUT2D eigenvalue weighted by Gasteiger charge is -2.31. The van der Waals surface area contributed by atoms with Gasteiger partial charge in [0.15, 0.2) is 0 Å². The fourth-order valence-electron chi connectivity index (χ4n) is 1.54. The van der Waals surface area contributed by atoms with Gasteiger partial charge in [-0.25, -0.2) is 0 Å². The molecular weight excluding hydrogens is 192 g/mol. The maximum Gasteiger partial charge on any atom is 0.0638 e. The molecule has 0 aromatic carbocycles. The van der Waals surface area contributed by atoms with Crippen LogP contribution in [0.3, 0.4) is 0 Å². The van der Waals surface area contributed by atoms with Crippen molar-refractivity contribution in [1.29, 1.82) is 0 Å². The van der Waals surface area contributed by atoms with Gasteiger partial charge in [-0.15, -0.1) is 0 Å². The van der Waals surface area contributed by atoms with Crippen LogP contribution in [0, 0.1) is 5.92 Å². The van der Waals surface area contributed by atoms with E-state index in [-0.39, 0.29) is 11.6 Å². The molecule has 0 rings (SSSR count). The predicted octanol–water partition coefficient (Wildman–Crippen LogP) is 1.31. The molecule has 0 amide bonds. The fraction of sp³-hybridized carbons (Fsp3) is 1.00. The van der Waals surface area contributed by atoms with Gasteiger partial charge in [-0.3, -0.25) is 11.3 Å². The van der Waals surface area contributed by atoms with E-state index in [0.717, 1.165) is 19.4 Å². The number of rotatable bonds is 8. The molecule has 0 saturated heterocycles. The summed E-state index contributed by atoms with van der Waals surface area (Å²) in [6, 6.07) is 0.259. The highest BCUT2D eigenvalue weighted by Gasteiger charge is 2.25. The summed E-state index contributed by atoms with van der Waals surface area (Å²) in [7, 11) is 3.45. The molecule has 0 aromatic heterocycles. The van der Waals surface area contributed by atoms with Crippen LogP contribution < -0.4 is 11.3 Å². The van der Waals surface area contributed by atoms with Crippen LogP contribution in [0.5, 0.6) is 0 Å². The average molecular weight is 218 g/mol. The van der Waals surface area contributed by atoms with Gasteiger partial charge in [-0.05, 0) is 32.6 Å². The van der Waals surface area contributed by atoms with E-state index in [4.69, 9.17) is 15.3 Å². The van der Waals surface area contributed by atoms with Crippen molar-refractivity contribution in [2.75, 3.05) is 20.8 Å². The standard InChI is InChI=1S/C11H26N2O2/c1-9(6-7-14-4)10(13-12)8-11(2,3)15-5/h9-10,13H,6-8,12H2,1-5H3. The zero-order valence-corrected chi connectivity index (χ0v) is 10.7. The molecule has 0 aromatic rings. The van der Waals surface area contributed by atoms with E-state index < -0.39 is 0 Å². The largest absolute Gasteiger partial charge is 0.385 e. The highest BCUT2D eigenvalue weighted by molar-refractivity contribution is 4.80. The third-order valence-electron chi connectivity index (χ3n) is 2.94. The van der Waals surface area contributed by atoms with Crippen molar-refractivity contribution in [3.8, 4) is 0 Å². The van der Waals surface area contributed by atoms with Gasteiger partial charge in [-0.1, -0.05) is 6.92 Å². The molecule has 0 heterocycles. The molecule has 2 atom stereocenters. The van der Waals surface area contributed by atoms with E-state index in [1.54, 1.807) is 14.2 Å². The van der Waals surface area contributed by atoms with Crippen LogP contribution in [0.15, 0.2) is 0 Å². The van der Waals surface area contributed by atoms with Crippen LogP contribution in [0.25, 0.3) is 0 Å². The Bertz CT molecular complexity index is 163. The smallest absolute Gasteiger partial charge is 0.0638 e. The molecule has 0 fully saturated rings. The second-order valence-corrected chi connectivity index (χ2v) is 4.70. The van der Waals surface area contributed by atoms with E-state index in [2.05, 4.69) is 26.2 Å². The molecule has 0 saturated carbocycles. The molecule has 0 bridgehead atoms. The highest BCUT2D eigenvalue weighted by Crippen LogP contribution is 2.21. The molecule has 4 nitrogen and oxygen atoms in total. The van der Waals surface area contributed by atoms with E-state index >= 15 is 0 Å². The van der Waals surface area contributed by atoms with Gasteiger partial charge in [0.25, 0.3) is 0 Å². The zero-order chi connectivity index (χ0) is 11.9. The van der Waals surface area contributed by atoms with Gasteiger partial charge in [0.2, 0.25) is 0 Å². The van der Waals surface area contributed by atoms with Crippen molar-refractivity contribution in [1.82, 2.24) is 5.43 Å². The lowest BCUT2D eigenvalue weighted by Crippen LogP contribution is -2.45. The summed E-state index contributed by atoms with van der Waals surface area (Å²) in [5, 5.41) is 0. The normalized spacial score (nSPS) is 16.4. The third-order valence-corrected chi connectivity index (χ3v) is 2.94. The summed E-state index contributed by atoms with van der Waals surface area (Å²) in [6.07, 6.45) is 1.90. The lowest BCUT2D eigenvalue weighted by molar-refractivity contribution is 0.000709. The minimum Gasteiger partial charge on any atom is -0.385 e. The Hall–Kier alpha value is -0.160. The second-order valence-electron chi connectivity index (χ2n) is 4.70. The van der Waals surface area contributed by atoms with Crippen LogP contribution in [0.1, 0.15) is 33.6 Å². The van der Waals surface area contributed by atoms with Gasteiger partial charge >= 0.3 is 0 Å². The first-order valence-electron chi connectivity index (χ1n) is 5.47. The topological polar surface area (TPSA) is 56.5 Å². The molecule has 2 unspecified atom stereocenters. The highest BCUT2D eigenvalue weighted by atomic mass is 16.5. The number of hydrogen-bond donors (Lipinski definition) is 2. The van der Waals surface area contributed by atoms with Crippen molar-refractivity contribution in [3.05, 3.63) is 0 Å². The monoisotopic (exact) mass is 218 g/mol. The summed E-state index contributed by atoms with van der Waals surface area (Å²) < 4.78 is 10.5. The predicted molar refractivity (Wildman–Crippen MR) is 62.5 cm³/mol. The first-order valence-corrected chi connectivity index (χ1v) is 5.47. The quantitative estimate of drug-likeness (QED) is 0.476. The number of ether oxygens (including phenoxy) is 2. The first-order chi connectivity index (χ1) is 6.96. The Morgan fingerprint density at radius 1 is 1.33 bits per heavy atom. The van der Waals surface area contributed by atoms with Crippen molar-refractivity contribution in [2.24, 2.45) is 11.8 Å². The van der Waals surface area contributed by atoms with Crippen molar-refractivity contribution < 1.29 is 9.47 Å². The van der Waals surface area contributed by atoms with Crippen LogP contribution >= 0.6 is 0 Å². The van der Waals surface area contributed by atoms with E-state index in [1.165, 1.54) is 0 Å². The maximum absolute atomic E-state index is 5.56. The van der Waals surface area contributed by atoms with Crippen LogP contribution in [-0.2, 0) is 9.47 Å². The van der Waals surface area contributed by atoms with Gasteiger partial charge in [-0.2, -0.15) is 0 Å². The number of nitrogens with one attached hydrogen (secondary N) is 1. The third kappa shape index (κ3) is 6.10. The van der Waals surface area contributed by atoms with E-state index in [9.17, 15) is 0 Å². The Morgan fingerprint density at radius 2 is 1.93 bits per heavy atom. The molecule has 4 heteroatoms. The van der Waals surface area contributed by atoms with Crippen LogP contribution in [-0.4, -0.2) is 32.5 Å². The second kappa shape index (κ2) is 7.17. The summed E-state index contributed by atoms with van der Waals surface area (Å²) >= 11 is 0. The molecule has 0 spiro atoms. The molecule has 0 aliphatic carbocycles. The van der Waals surface area contributed by atoms with Crippen molar-refractivity contribution in [3.63, 3.8) is 0 Å². The van der Waals surface area contributed by atoms with Gasteiger partial charge in [0.1, 0.15) is 0 Å². The Morgan fingerprint density at radius 3 is 2.33 bits per heavy atom. The first kappa shape index (κ1) is 14.8. The molecular formula is C11H26N2O2. The molecule has 0 aliphatic rings. The number of methoxy groups -OCH3 is 2. The van der Waals surface area contributed by atoms with Crippen LogP contribution in [0.4, 0.5) is 0 Å². The molecule has 3 N–H and O–H groups in total. The molecule has 92 valence electrons. The molecule has 0 radical (unpaired) electrons. The van der Waals surface area contributed by atoms with Crippen molar-refractivity contribution >= 4 is 0 Å². The van der Waals surface area contributed by atoms with Crippen LogP contribution in [0.2, 0.25) is 0 Å². The van der Waals surface area contributed by atoms with Gasteiger partial charge in [0.05, 0.1) is 5.60 Å². The van der Waals surface area contributed by atoms with E-state index in [1.807, 2.05) is 0 Å². The molecule has 15 heavy (non-hydrogen) atoms. The summed E-state index contributed by atoms with van der Waals surface area (Å²) in [5.74, 6) is 6.04. The van der Waals surface area contributed by atoms with Crippen molar-refractivity contribution in [2.45, 2.75) is 45.3 Å². The average Bonchev–Trinajstić information content (AvgIpc) is 2.22. The summed E-state index contributed by atoms with van der Waals surface area (Å²) in [4.78, 5) is 0. The Kier molecular flexibility index (Phi) is 7.09. The molecule has 0 aliphatic heterocycles. The minimum absolute atomic E-state index is 0.141. The van der Waals surface area contributed by atoms with E-state index in [0.29, 0.717) is 5.92 Å². The number of nitrogens with two attached hydrogens (primary N) is 1. The lowest BCUT2D eigenvalue weighted by atomic mass is 9.89. The van der Waals surface area contributed by atoms with Gasteiger partial charge < -0.3 is 9.47 Å². The number of hydrazine groups is 1. The Labute approximate surface area is 93.5 Å². The summed E-state index contributed by atoms with van der Waals surface area (Å²) in [6.45, 7) is 7.09. The maximum atomic E-state index is 5.56. The zero-order valence-electron chi connectivity index (χ0n) is 10.7.